The molecule has 0 atom stereocenters. The maximum absolute atomic E-state index is 11.9. The van der Waals surface area contributed by atoms with Crippen LogP contribution in [0.25, 0.3) is 0 Å². The SMILES string of the molecule is Cc1cc(C(=O)NCCc2noc(C)n2)cc(N)n1. The summed E-state index contributed by atoms with van der Waals surface area (Å²) in [5, 5.41) is 6.51. The number of carbonyl (C=O) groups is 1. The van der Waals surface area contributed by atoms with E-state index in [1.165, 1.54) is 0 Å². The predicted octanol–water partition coefficient (Wildman–Crippen LogP) is 0.636. The molecular formula is C12H15N5O2. The number of rotatable bonds is 4. The topological polar surface area (TPSA) is 107 Å². The van der Waals surface area contributed by atoms with Crippen molar-refractivity contribution in [2.24, 2.45) is 0 Å². The zero-order chi connectivity index (χ0) is 13.8. The van der Waals surface area contributed by atoms with Gasteiger partial charge in [0.25, 0.3) is 5.91 Å². The van der Waals surface area contributed by atoms with Crippen molar-refractivity contribution in [1.82, 2.24) is 20.4 Å². The molecular weight excluding hydrogens is 246 g/mol. The van der Waals surface area contributed by atoms with Gasteiger partial charge in [-0.2, -0.15) is 4.98 Å². The van der Waals surface area contributed by atoms with Crippen LogP contribution < -0.4 is 11.1 Å². The third-order valence-electron chi connectivity index (χ3n) is 2.44. The normalized spacial score (nSPS) is 10.4. The molecule has 0 aliphatic rings. The molecule has 0 saturated heterocycles. The lowest BCUT2D eigenvalue weighted by Gasteiger charge is -2.05. The van der Waals surface area contributed by atoms with E-state index in [1.807, 2.05) is 0 Å². The van der Waals surface area contributed by atoms with Gasteiger partial charge >= 0.3 is 0 Å². The van der Waals surface area contributed by atoms with Crippen molar-refractivity contribution in [3.8, 4) is 0 Å². The number of carbonyl (C=O) groups excluding carboxylic acids is 1. The Hall–Kier alpha value is -2.44. The number of aromatic nitrogens is 3. The molecule has 19 heavy (non-hydrogen) atoms. The second-order valence-electron chi connectivity index (χ2n) is 4.16. The molecule has 7 heteroatoms. The first-order valence-corrected chi connectivity index (χ1v) is 5.86. The van der Waals surface area contributed by atoms with Crippen LogP contribution in [0, 0.1) is 13.8 Å². The predicted molar refractivity (Wildman–Crippen MR) is 68.5 cm³/mol. The third-order valence-corrected chi connectivity index (χ3v) is 2.44. The van der Waals surface area contributed by atoms with Crippen molar-refractivity contribution in [3.05, 3.63) is 35.1 Å². The minimum absolute atomic E-state index is 0.197. The van der Waals surface area contributed by atoms with E-state index in [9.17, 15) is 4.79 Å². The van der Waals surface area contributed by atoms with E-state index in [2.05, 4.69) is 20.4 Å². The van der Waals surface area contributed by atoms with Gasteiger partial charge in [-0.25, -0.2) is 4.98 Å². The lowest BCUT2D eigenvalue weighted by Crippen LogP contribution is -2.26. The smallest absolute Gasteiger partial charge is 0.251 e. The molecule has 0 radical (unpaired) electrons. The molecule has 7 nitrogen and oxygen atoms in total. The number of hydrogen-bond acceptors (Lipinski definition) is 6. The maximum Gasteiger partial charge on any atom is 0.251 e. The Labute approximate surface area is 110 Å². The number of nitrogens with one attached hydrogen (secondary N) is 1. The number of nitrogens with zero attached hydrogens (tertiary/aromatic N) is 3. The van der Waals surface area contributed by atoms with E-state index in [0.29, 0.717) is 41.8 Å². The molecule has 2 heterocycles. The van der Waals surface area contributed by atoms with Gasteiger partial charge in [0.2, 0.25) is 5.89 Å². The van der Waals surface area contributed by atoms with Gasteiger partial charge in [-0.15, -0.1) is 0 Å². The van der Waals surface area contributed by atoms with E-state index in [4.69, 9.17) is 10.3 Å². The van der Waals surface area contributed by atoms with Crippen molar-refractivity contribution in [2.75, 3.05) is 12.3 Å². The Balaban J connectivity index is 1.90. The molecule has 0 aliphatic carbocycles. The summed E-state index contributed by atoms with van der Waals surface area (Å²) >= 11 is 0. The molecule has 0 saturated carbocycles. The monoisotopic (exact) mass is 261 g/mol. The van der Waals surface area contributed by atoms with Crippen LogP contribution in [0.5, 0.6) is 0 Å². The van der Waals surface area contributed by atoms with Crippen molar-refractivity contribution in [3.63, 3.8) is 0 Å². The van der Waals surface area contributed by atoms with Gasteiger partial charge in [-0.3, -0.25) is 4.79 Å². The molecule has 0 spiro atoms. The average molecular weight is 261 g/mol. The fourth-order valence-corrected chi connectivity index (χ4v) is 1.66. The maximum atomic E-state index is 11.9. The largest absolute Gasteiger partial charge is 0.384 e. The lowest BCUT2D eigenvalue weighted by molar-refractivity contribution is 0.0953. The van der Waals surface area contributed by atoms with Gasteiger partial charge in [0, 0.05) is 31.1 Å². The van der Waals surface area contributed by atoms with Crippen LogP contribution in [0.3, 0.4) is 0 Å². The Morgan fingerprint density at radius 2 is 2.16 bits per heavy atom. The molecule has 1 amide bonds. The van der Waals surface area contributed by atoms with E-state index in [-0.39, 0.29) is 5.91 Å². The van der Waals surface area contributed by atoms with Crippen LogP contribution in [-0.2, 0) is 6.42 Å². The highest BCUT2D eigenvalue weighted by Gasteiger charge is 2.08. The van der Waals surface area contributed by atoms with Gasteiger partial charge in [-0.05, 0) is 19.1 Å². The molecule has 2 rings (SSSR count). The quantitative estimate of drug-likeness (QED) is 0.836. The minimum atomic E-state index is -0.197. The molecule has 0 aromatic carbocycles. The van der Waals surface area contributed by atoms with Crippen molar-refractivity contribution >= 4 is 11.7 Å². The van der Waals surface area contributed by atoms with Gasteiger partial charge in [0.1, 0.15) is 5.82 Å². The summed E-state index contributed by atoms with van der Waals surface area (Å²) in [4.78, 5) is 19.9. The first-order chi connectivity index (χ1) is 9.04. The highest BCUT2D eigenvalue weighted by atomic mass is 16.5. The highest BCUT2D eigenvalue weighted by Crippen LogP contribution is 2.06. The molecule has 0 bridgehead atoms. The number of pyridine rings is 1. The molecule has 0 aliphatic heterocycles. The first kappa shape index (κ1) is 13.0. The van der Waals surface area contributed by atoms with E-state index in [0.717, 1.165) is 0 Å². The second kappa shape index (κ2) is 5.47. The van der Waals surface area contributed by atoms with Crippen LogP contribution in [-0.4, -0.2) is 27.6 Å². The van der Waals surface area contributed by atoms with Gasteiger partial charge in [-0.1, -0.05) is 5.16 Å². The summed E-state index contributed by atoms with van der Waals surface area (Å²) in [6.07, 6.45) is 0.516. The number of nitrogen functional groups attached to an aromatic ring is 1. The number of anilines is 1. The van der Waals surface area contributed by atoms with Gasteiger partial charge < -0.3 is 15.6 Å². The zero-order valence-electron chi connectivity index (χ0n) is 10.8. The van der Waals surface area contributed by atoms with Crippen LogP contribution >= 0.6 is 0 Å². The molecule has 0 fully saturated rings. The number of amides is 1. The Kier molecular flexibility index (Phi) is 3.74. The molecule has 100 valence electrons. The fraction of sp³-hybridized carbons (Fsp3) is 0.333. The van der Waals surface area contributed by atoms with Crippen LogP contribution in [0.2, 0.25) is 0 Å². The van der Waals surface area contributed by atoms with E-state index >= 15 is 0 Å². The fourth-order valence-electron chi connectivity index (χ4n) is 1.66. The first-order valence-electron chi connectivity index (χ1n) is 5.86. The van der Waals surface area contributed by atoms with Crippen LogP contribution in [0.1, 0.15) is 27.8 Å². The Morgan fingerprint density at radius 1 is 1.37 bits per heavy atom. The number of aryl methyl sites for hydroxylation is 2. The second-order valence-corrected chi connectivity index (χ2v) is 4.16. The molecule has 3 N–H and O–H groups in total. The summed E-state index contributed by atoms with van der Waals surface area (Å²) in [6.45, 7) is 3.94. The van der Waals surface area contributed by atoms with E-state index in [1.54, 1.807) is 26.0 Å². The number of nitrogens with two attached hydrogens (primary N) is 1. The van der Waals surface area contributed by atoms with Gasteiger partial charge in [0.15, 0.2) is 5.82 Å². The zero-order valence-corrected chi connectivity index (χ0v) is 10.8. The summed E-state index contributed by atoms with van der Waals surface area (Å²) in [5.74, 6) is 1.22. The average Bonchev–Trinajstić information content (AvgIpc) is 2.73. The molecule has 2 aromatic heterocycles. The summed E-state index contributed by atoms with van der Waals surface area (Å²) in [7, 11) is 0. The highest BCUT2D eigenvalue weighted by molar-refractivity contribution is 5.94. The summed E-state index contributed by atoms with van der Waals surface area (Å²) < 4.78 is 4.84. The third kappa shape index (κ3) is 3.51. The van der Waals surface area contributed by atoms with Crippen molar-refractivity contribution < 1.29 is 9.32 Å². The van der Waals surface area contributed by atoms with Crippen molar-refractivity contribution in [2.45, 2.75) is 20.3 Å². The molecule has 2 aromatic rings. The van der Waals surface area contributed by atoms with Crippen LogP contribution in [0.4, 0.5) is 5.82 Å². The summed E-state index contributed by atoms with van der Waals surface area (Å²) in [5.41, 5.74) is 6.80. The van der Waals surface area contributed by atoms with Crippen LogP contribution in [0.15, 0.2) is 16.7 Å². The summed E-state index contributed by atoms with van der Waals surface area (Å²) in [6, 6.07) is 3.23. The minimum Gasteiger partial charge on any atom is -0.384 e. The number of hydrogen-bond donors (Lipinski definition) is 2. The van der Waals surface area contributed by atoms with Gasteiger partial charge in [0.05, 0.1) is 0 Å². The Morgan fingerprint density at radius 3 is 2.79 bits per heavy atom. The lowest BCUT2D eigenvalue weighted by atomic mass is 10.2. The standard InChI is InChI=1S/C12H15N5O2/c1-7-5-9(6-10(13)15-7)12(18)14-4-3-11-16-8(2)19-17-11/h5-6H,3-4H2,1-2H3,(H2,13,15)(H,14,18). The van der Waals surface area contributed by atoms with E-state index < -0.39 is 0 Å². The van der Waals surface area contributed by atoms with Crippen molar-refractivity contribution in [1.29, 1.82) is 0 Å². The molecule has 0 unspecified atom stereocenters. The Bertz CT molecular complexity index is 573.